The second kappa shape index (κ2) is 10.0. The summed E-state index contributed by atoms with van der Waals surface area (Å²) < 4.78 is 5.73. The van der Waals surface area contributed by atoms with Crippen LogP contribution >= 0.6 is 11.6 Å². The Labute approximate surface area is 200 Å². The Balaban J connectivity index is 1.50. The van der Waals surface area contributed by atoms with Gasteiger partial charge in [0.1, 0.15) is 29.2 Å². The number of aliphatic hydroxyl groups is 1. The van der Waals surface area contributed by atoms with Crippen molar-refractivity contribution in [2.75, 3.05) is 0 Å². The molecule has 0 bridgehead atoms. The van der Waals surface area contributed by atoms with Gasteiger partial charge in [-0.15, -0.1) is 0 Å². The number of hydrogen-bond donors (Lipinski definition) is 3. The molecule has 0 radical (unpaired) electrons. The fourth-order valence-corrected chi connectivity index (χ4v) is 3.71. The molecule has 34 heavy (non-hydrogen) atoms. The van der Waals surface area contributed by atoms with Crippen LogP contribution in [-0.4, -0.2) is 34.3 Å². The Morgan fingerprint density at radius 3 is 2.65 bits per heavy atom. The molecule has 2 atom stereocenters. The number of rotatable bonds is 8. The van der Waals surface area contributed by atoms with Crippen molar-refractivity contribution in [3.63, 3.8) is 0 Å². The van der Waals surface area contributed by atoms with Gasteiger partial charge in [-0.1, -0.05) is 48.0 Å². The Morgan fingerprint density at radius 2 is 1.94 bits per heavy atom. The summed E-state index contributed by atoms with van der Waals surface area (Å²) in [5, 5.41) is 21.0. The quantitative estimate of drug-likeness (QED) is 0.332. The van der Waals surface area contributed by atoms with E-state index in [1.807, 2.05) is 6.07 Å². The normalized spacial score (nSPS) is 15.9. The number of Topliss-reactive ketones (excluding diaryl/α,β-unsaturated/α-hetero) is 1. The monoisotopic (exact) mass is 480 g/mol. The number of halogens is 1. The number of hydroxylamine groups is 1. The molecule has 3 aromatic carbocycles. The van der Waals surface area contributed by atoms with Crippen LogP contribution in [0.2, 0.25) is 5.02 Å². The van der Waals surface area contributed by atoms with Crippen molar-refractivity contribution in [1.82, 2.24) is 5.48 Å². The Hall–Kier alpha value is -3.72. The highest BCUT2D eigenvalue weighted by Gasteiger charge is 2.20. The number of aliphatic hydroxyl groups excluding tert-OH is 1. The number of phenolic OH excluding ortho intramolecular Hbond substituents is 1. The van der Waals surface area contributed by atoms with Gasteiger partial charge in [0.2, 0.25) is 6.23 Å². The maximum Gasteiger partial charge on any atom is 0.232 e. The van der Waals surface area contributed by atoms with E-state index in [2.05, 4.69) is 10.5 Å². The highest BCUT2D eigenvalue weighted by molar-refractivity contribution is 6.34. The van der Waals surface area contributed by atoms with Crippen molar-refractivity contribution < 1.29 is 29.4 Å². The topological polar surface area (TPSA) is 117 Å². The molecule has 1 heterocycles. The standard InChI is InChI=1S/C25H21ClN2O6/c1-14(30)19-8-9-20(22(26)24(19)32)33-13-15-4-2-5-16(10-15)23(31)17-6-3-7-18(11-17)25-27-21(12-29)34-28-25/h2-12,21,23,31-32H,13H2,1H3,(H,27,28). The molecular formula is C25H21ClN2O6. The first-order valence-corrected chi connectivity index (χ1v) is 10.7. The lowest BCUT2D eigenvalue weighted by molar-refractivity contribution is -0.118. The zero-order valence-corrected chi connectivity index (χ0v) is 18.8. The maximum atomic E-state index is 11.5. The predicted molar refractivity (Wildman–Crippen MR) is 125 cm³/mol. The number of nitrogens with zero attached hydrogens (tertiary/aromatic N) is 1. The van der Waals surface area contributed by atoms with E-state index in [9.17, 15) is 19.8 Å². The number of aromatic hydroxyl groups is 1. The molecule has 1 aliphatic heterocycles. The van der Waals surface area contributed by atoms with Crippen molar-refractivity contribution in [1.29, 1.82) is 0 Å². The summed E-state index contributed by atoms with van der Waals surface area (Å²) in [6.45, 7) is 1.47. The van der Waals surface area contributed by atoms with Gasteiger partial charge in [-0.3, -0.25) is 9.59 Å². The Bertz CT molecular complexity index is 1280. The van der Waals surface area contributed by atoms with E-state index in [0.29, 0.717) is 28.8 Å². The van der Waals surface area contributed by atoms with E-state index >= 15 is 0 Å². The number of nitrogens with one attached hydrogen (secondary N) is 1. The van der Waals surface area contributed by atoms with Crippen molar-refractivity contribution in [2.24, 2.45) is 4.99 Å². The molecule has 3 N–H and O–H groups in total. The number of carbonyl (C=O) groups excluding carboxylic acids is 2. The third-order valence-electron chi connectivity index (χ3n) is 5.25. The lowest BCUT2D eigenvalue weighted by Gasteiger charge is -2.15. The van der Waals surface area contributed by atoms with Gasteiger partial charge in [0, 0.05) is 5.56 Å². The van der Waals surface area contributed by atoms with Gasteiger partial charge in [0.05, 0.1) is 5.56 Å². The Kier molecular flexibility index (Phi) is 6.93. The second-order valence-corrected chi connectivity index (χ2v) is 7.99. The molecule has 174 valence electrons. The first-order chi connectivity index (χ1) is 16.4. The number of phenols is 1. The minimum Gasteiger partial charge on any atom is -0.505 e. The van der Waals surface area contributed by atoms with E-state index in [1.54, 1.807) is 42.5 Å². The summed E-state index contributed by atoms with van der Waals surface area (Å²) in [4.78, 5) is 31.5. The fraction of sp³-hybridized carbons (Fsp3) is 0.160. The minimum atomic E-state index is -0.924. The smallest absolute Gasteiger partial charge is 0.232 e. The number of amidine groups is 1. The van der Waals surface area contributed by atoms with Crippen LogP contribution in [0.25, 0.3) is 0 Å². The van der Waals surface area contributed by atoms with Gasteiger partial charge in [0.15, 0.2) is 17.9 Å². The van der Waals surface area contributed by atoms with Crippen LogP contribution in [0.5, 0.6) is 11.5 Å². The fourth-order valence-electron chi connectivity index (χ4n) is 3.49. The van der Waals surface area contributed by atoms with Gasteiger partial charge < -0.3 is 14.9 Å². The highest BCUT2D eigenvalue weighted by atomic mass is 35.5. The number of hydrogen-bond acceptors (Lipinski definition) is 8. The third-order valence-corrected chi connectivity index (χ3v) is 5.61. The van der Waals surface area contributed by atoms with Crippen LogP contribution in [0, 0.1) is 0 Å². The zero-order chi connectivity index (χ0) is 24.2. The molecule has 2 unspecified atom stereocenters. The van der Waals surface area contributed by atoms with Crippen molar-refractivity contribution in [2.45, 2.75) is 25.9 Å². The van der Waals surface area contributed by atoms with Crippen LogP contribution < -0.4 is 10.2 Å². The minimum absolute atomic E-state index is 0.0371. The lowest BCUT2D eigenvalue weighted by atomic mass is 9.98. The number of ketones is 1. The van der Waals surface area contributed by atoms with Crippen LogP contribution in [-0.2, 0) is 16.2 Å². The first-order valence-electron chi connectivity index (χ1n) is 10.3. The largest absolute Gasteiger partial charge is 0.505 e. The summed E-state index contributed by atoms with van der Waals surface area (Å²) in [5.74, 6) is 0.0262. The average Bonchev–Trinajstić information content (AvgIpc) is 3.34. The zero-order valence-electron chi connectivity index (χ0n) is 18.1. The Morgan fingerprint density at radius 1 is 1.21 bits per heavy atom. The average molecular weight is 481 g/mol. The third kappa shape index (κ3) is 4.94. The molecule has 4 rings (SSSR count). The van der Waals surface area contributed by atoms with Crippen LogP contribution in [0.4, 0.5) is 0 Å². The molecule has 9 heteroatoms. The molecule has 0 aromatic heterocycles. The van der Waals surface area contributed by atoms with Gasteiger partial charge in [-0.2, -0.15) is 0 Å². The van der Waals surface area contributed by atoms with E-state index in [0.717, 1.165) is 5.56 Å². The van der Waals surface area contributed by atoms with Crippen molar-refractivity contribution in [3.05, 3.63) is 93.5 Å². The summed E-state index contributed by atoms with van der Waals surface area (Å²) in [7, 11) is 0. The predicted octanol–water partition coefficient (Wildman–Crippen LogP) is 3.72. The van der Waals surface area contributed by atoms with Crippen LogP contribution in [0.1, 0.15) is 45.6 Å². The molecule has 0 saturated heterocycles. The molecule has 3 aromatic rings. The summed E-state index contributed by atoms with van der Waals surface area (Å²) in [6, 6.07) is 17.3. The molecule has 8 nitrogen and oxygen atoms in total. The van der Waals surface area contributed by atoms with Crippen molar-refractivity contribution >= 4 is 29.5 Å². The number of ether oxygens (including phenoxy) is 1. The summed E-state index contributed by atoms with van der Waals surface area (Å²) >= 11 is 6.15. The van der Waals surface area contributed by atoms with Gasteiger partial charge >= 0.3 is 0 Å². The number of aldehydes is 1. The molecular weight excluding hydrogens is 460 g/mol. The molecule has 0 saturated carbocycles. The summed E-state index contributed by atoms with van der Waals surface area (Å²) in [6.07, 6.45) is -1.24. The highest BCUT2D eigenvalue weighted by Crippen LogP contribution is 2.36. The second-order valence-electron chi connectivity index (χ2n) is 7.62. The lowest BCUT2D eigenvalue weighted by Crippen LogP contribution is -2.19. The van der Waals surface area contributed by atoms with Gasteiger partial charge in [-0.05, 0) is 47.9 Å². The van der Waals surface area contributed by atoms with Gasteiger partial charge in [-0.25, -0.2) is 15.3 Å². The van der Waals surface area contributed by atoms with E-state index < -0.39 is 12.3 Å². The van der Waals surface area contributed by atoms with Gasteiger partial charge in [0.25, 0.3) is 0 Å². The number of carbonyl (C=O) groups is 2. The molecule has 0 aliphatic carbocycles. The van der Waals surface area contributed by atoms with E-state index in [-0.39, 0.29) is 34.5 Å². The SMILES string of the molecule is CC(=O)c1ccc(OCc2cccc(C(O)c3cccc(C4=NC(C=O)ON4)c3)c2)c(Cl)c1O. The molecule has 1 aliphatic rings. The van der Waals surface area contributed by atoms with Crippen LogP contribution in [0.15, 0.2) is 65.7 Å². The number of benzene rings is 3. The summed E-state index contributed by atoms with van der Waals surface area (Å²) in [5.41, 5.74) is 5.44. The molecule has 0 fully saturated rings. The van der Waals surface area contributed by atoms with E-state index in [4.69, 9.17) is 21.2 Å². The van der Waals surface area contributed by atoms with Crippen molar-refractivity contribution in [3.8, 4) is 11.5 Å². The molecule has 0 amide bonds. The van der Waals surface area contributed by atoms with Crippen LogP contribution in [0.3, 0.4) is 0 Å². The maximum absolute atomic E-state index is 11.5. The number of aliphatic imine (C=N–C) groups is 1. The molecule has 0 spiro atoms. The van der Waals surface area contributed by atoms with E-state index in [1.165, 1.54) is 19.1 Å². The first kappa shape index (κ1) is 23.4.